The first kappa shape index (κ1) is 6.91. The van der Waals surface area contributed by atoms with Gasteiger partial charge in [0, 0.05) is 23.5 Å². The minimum absolute atomic E-state index is 0.209. The number of carbonyl (C=O) groups is 1. The van der Waals surface area contributed by atoms with Crippen LogP contribution in [0.4, 0.5) is 0 Å². The van der Waals surface area contributed by atoms with Gasteiger partial charge in [-0.2, -0.15) is 0 Å². The van der Waals surface area contributed by atoms with Crippen LogP contribution in [-0.2, 0) is 0 Å². The Kier molecular flexibility index (Phi) is 1.37. The fourth-order valence-corrected chi connectivity index (χ4v) is 1.17. The van der Waals surface area contributed by atoms with Gasteiger partial charge in [-0.1, -0.05) is 6.07 Å². The van der Waals surface area contributed by atoms with Crippen molar-refractivity contribution in [1.29, 1.82) is 0 Å². The van der Waals surface area contributed by atoms with Gasteiger partial charge in [-0.3, -0.25) is 0 Å². The Morgan fingerprint density at radius 3 is 2.92 bits per heavy atom. The lowest BCUT2D eigenvalue weighted by Gasteiger charge is -1.92. The fraction of sp³-hybridized carbons (Fsp3) is 0. The molecule has 0 radical (unpaired) electrons. The SMILES string of the molecule is O=C([O-])c1cc2ccccn2c1. The Balaban J connectivity index is 2.70. The third kappa shape index (κ3) is 0.955. The summed E-state index contributed by atoms with van der Waals surface area (Å²) >= 11 is 0. The van der Waals surface area contributed by atoms with Crippen LogP contribution < -0.4 is 5.11 Å². The minimum Gasteiger partial charge on any atom is -0.545 e. The van der Waals surface area contributed by atoms with Crippen LogP contribution in [0.5, 0.6) is 0 Å². The zero-order valence-electron chi connectivity index (χ0n) is 6.23. The first-order valence-corrected chi connectivity index (χ1v) is 3.55. The van der Waals surface area contributed by atoms with E-state index in [-0.39, 0.29) is 5.56 Å². The standard InChI is InChI=1S/C9H7NO2/c11-9(12)7-5-8-3-1-2-4-10(8)6-7/h1-6H,(H,11,12)/p-1. The monoisotopic (exact) mass is 160 g/mol. The fourth-order valence-electron chi connectivity index (χ4n) is 1.17. The van der Waals surface area contributed by atoms with E-state index in [1.54, 1.807) is 16.7 Å². The van der Waals surface area contributed by atoms with Crippen LogP contribution in [0.2, 0.25) is 0 Å². The number of hydrogen-bond donors (Lipinski definition) is 0. The Labute approximate surface area is 68.9 Å². The lowest BCUT2D eigenvalue weighted by atomic mass is 10.3. The normalized spacial score (nSPS) is 10.3. The summed E-state index contributed by atoms with van der Waals surface area (Å²) in [5.74, 6) is -1.14. The Bertz CT molecular complexity index is 398. The summed E-state index contributed by atoms with van der Waals surface area (Å²) < 4.78 is 1.74. The molecule has 0 saturated heterocycles. The van der Waals surface area contributed by atoms with Crippen LogP contribution in [0.25, 0.3) is 5.52 Å². The first-order chi connectivity index (χ1) is 5.77. The van der Waals surface area contributed by atoms with Crippen molar-refractivity contribution >= 4 is 11.5 Å². The van der Waals surface area contributed by atoms with E-state index < -0.39 is 5.97 Å². The van der Waals surface area contributed by atoms with Crippen molar-refractivity contribution < 1.29 is 9.90 Å². The third-order valence-corrected chi connectivity index (χ3v) is 1.74. The molecule has 0 bridgehead atoms. The molecule has 2 aromatic heterocycles. The largest absolute Gasteiger partial charge is 0.545 e. The number of rotatable bonds is 1. The molecule has 60 valence electrons. The van der Waals surface area contributed by atoms with Gasteiger partial charge in [0.15, 0.2) is 0 Å². The molecule has 0 fully saturated rings. The Morgan fingerprint density at radius 2 is 2.25 bits per heavy atom. The summed E-state index contributed by atoms with van der Waals surface area (Å²) in [4.78, 5) is 10.4. The summed E-state index contributed by atoms with van der Waals surface area (Å²) in [5, 5.41) is 10.4. The van der Waals surface area contributed by atoms with E-state index in [1.165, 1.54) is 6.20 Å². The number of aromatic nitrogens is 1. The molecule has 0 amide bonds. The predicted octanol–water partition coefficient (Wildman–Crippen LogP) is 0.303. The van der Waals surface area contributed by atoms with Gasteiger partial charge in [-0.05, 0) is 18.2 Å². The van der Waals surface area contributed by atoms with Crippen molar-refractivity contribution in [2.45, 2.75) is 0 Å². The zero-order valence-corrected chi connectivity index (χ0v) is 6.23. The van der Waals surface area contributed by atoms with Crippen molar-refractivity contribution in [3.05, 3.63) is 42.2 Å². The molecular weight excluding hydrogens is 154 g/mol. The molecule has 0 unspecified atom stereocenters. The van der Waals surface area contributed by atoms with E-state index in [0.717, 1.165) is 5.52 Å². The van der Waals surface area contributed by atoms with E-state index in [9.17, 15) is 9.90 Å². The van der Waals surface area contributed by atoms with Crippen LogP contribution in [0.3, 0.4) is 0 Å². The lowest BCUT2D eigenvalue weighted by Crippen LogP contribution is -2.21. The maximum atomic E-state index is 10.4. The molecule has 0 N–H and O–H groups in total. The van der Waals surface area contributed by atoms with Gasteiger partial charge in [0.1, 0.15) is 0 Å². The molecule has 0 spiro atoms. The first-order valence-electron chi connectivity index (χ1n) is 3.55. The van der Waals surface area contributed by atoms with Crippen molar-refractivity contribution in [3.63, 3.8) is 0 Å². The van der Waals surface area contributed by atoms with E-state index in [0.29, 0.717) is 0 Å². The molecule has 0 aliphatic rings. The van der Waals surface area contributed by atoms with Crippen LogP contribution in [0.15, 0.2) is 36.7 Å². The summed E-state index contributed by atoms with van der Waals surface area (Å²) in [6.07, 6.45) is 3.33. The van der Waals surface area contributed by atoms with Gasteiger partial charge in [0.05, 0.1) is 5.97 Å². The van der Waals surface area contributed by atoms with E-state index in [4.69, 9.17) is 0 Å². The number of hydrogen-bond acceptors (Lipinski definition) is 2. The van der Waals surface area contributed by atoms with Gasteiger partial charge in [-0.15, -0.1) is 0 Å². The summed E-state index contributed by atoms with van der Waals surface area (Å²) in [7, 11) is 0. The number of carboxylic acid groups (broad SMARTS) is 1. The summed E-state index contributed by atoms with van der Waals surface area (Å²) in [6, 6.07) is 7.11. The maximum absolute atomic E-state index is 10.4. The van der Waals surface area contributed by atoms with Crippen LogP contribution in [0.1, 0.15) is 10.4 Å². The molecule has 0 aliphatic heterocycles. The highest BCUT2D eigenvalue weighted by molar-refractivity contribution is 5.87. The Morgan fingerprint density at radius 1 is 1.42 bits per heavy atom. The quantitative estimate of drug-likeness (QED) is 0.602. The van der Waals surface area contributed by atoms with Crippen LogP contribution in [0, 0.1) is 0 Å². The molecule has 12 heavy (non-hydrogen) atoms. The van der Waals surface area contributed by atoms with E-state index in [2.05, 4.69) is 0 Å². The second kappa shape index (κ2) is 2.37. The average molecular weight is 160 g/mol. The molecule has 2 rings (SSSR count). The third-order valence-electron chi connectivity index (χ3n) is 1.74. The van der Waals surface area contributed by atoms with Crippen LogP contribution >= 0.6 is 0 Å². The molecular formula is C9H6NO2-. The van der Waals surface area contributed by atoms with Crippen molar-refractivity contribution in [2.24, 2.45) is 0 Å². The van der Waals surface area contributed by atoms with Crippen molar-refractivity contribution in [1.82, 2.24) is 4.40 Å². The Hall–Kier alpha value is -1.77. The highest BCUT2D eigenvalue weighted by Crippen LogP contribution is 2.07. The number of carboxylic acids is 1. The topological polar surface area (TPSA) is 44.5 Å². The average Bonchev–Trinajstić information content (AvgIpc) is 2.46. The van der Waals surface area contributed by atoms with Gasteiger partial charge in [0.2, 0.25) is 0 Å². The smallest absolute Gasteiger partial charge is 0.0730 e. The number of pyridine rings is 1. The van der Waals surface area contributed by atoms with Gasteiger partial charge in [-0.25, -0.2) is 0 Å². The van der Waals surface area contributed by atoms with Crippen molar-refractivity contribution in [2.75, 3.05) is 0 Å². The molecule has 2 aromatic rings. The predicted molar refractivity (Wildman–Crippen MR) is 41.7 cm³/mol. The summed E-state index contributed by atoms with van der Waals surface area (Å²) in [5.41, 5.74) is 1.07. The van der Waals surface area contributed by atoms with Crippen LogP contribution in [-0.4, -0.2) is 10.4 Å². The molecule has 3 nitrogen and oxygen atoms in total. The number of nitrogens with zero attached hydrogens (tertiary/aromatic N) is 1. The van der Waals surface area contributed by atoms with Gasteiger partial charge in [0.25, 0.3) is 0 Å². The van der Waals surface area contributed by atoms with Gasteiger partial charge >= 0.3 is 0 Å². The second-order valence-corrected chi connectivity index (χ2v) is 2.55. The maximum Gasteiger partial charge on any atom is 0.0730 e. The molecule has 0 aromatic carbocycles. The number of fused-ring (bicyclic) bond motifs is 1. The zero-order chi connectivity index (χ0) is 8.55. The molecule has 0 atom stereocenters. The van der Waals surface area contributed by atoms with Gasteiger partial charge < -0.3 is 14.3 Å². The second-order valence-electron chi connectivity index (χ2n) is 2.55. The lowest BCUT2D eigenvalue weighted by molar-refractivity contribution is -0.255. The number of carbonyl (C=O) groups excluding carboxylic acids is 1. The highest BCUT2D eigenvalue weighted by Gasteiger charge is 1.97. The minimum atomic E-state index is -1.14. The number of aromatic carboxylic acids is 1. The van der Waals surface area contributed by atoms with E-state index in [1.807, 2.05) is 18.2 Å². The summed E-state index contributed by atoms with van der Waals surface area (Å²) in [6.45, 7) is 0. The van der Waals surface area contributed by atoms with E-state index >= 15 is 0 Å². The molecule has 0 saturated carbocycles. The molecule has 0 aliphatic carbocycles. The molecule has 3 heteroatoms. The van der Waals surface area contributed by atoms with Crippen molar-refractivity contribution in [3.8, 4) is 0 Å². The highest BCUT2D eigenvalue weighted by atomic mass is 16.4. The molecule has 2 heterocycles.